The van der Waals surface area contributed by atoms with Crippen molar-refractivity contribution in [3.63, 3.8) is 0 Å². The monoisotopic (exact) mass is 477 g/mol. The van der Waals surface area contributed by atoms with Crippen molar-refractivity contribution in [3.8, 4) is 0 Å². The van der Waals surface area contributed by atoms with Gasteiger partial charge in [0.05, 0.1) is 27.3 Å². The average molecular weight is 477 g/mol. The maximum Gasteiger partial charge on any atom is 0.197 e. The van der Waals surface area contributed by atoms with Crippen molar-refractivity contribution in [2.24, 2.45) is 0 Å². The van der Waals surface area contributed by atoms with Gasteiger partial charge in [0.1, 0.15) is 22.3 Å². The van der Waals surface area contributed by atoms with Crippen LogP contribution in [0, 0.1) is 0 Å². The van der Waals surface area contributed by atoms with Crippen molar-refractivity contribution in [2.45, 2.75) is 0 Å². The molecule has 0 fully saturated rings. The summed E-state index contributed by atoms with van der Waals surface area (Å²) in [4.78, 5) is 27.5. The Morgan fingerprint density at radius 3 is 1.41 bits per heavy atom. The second-order valence-corrected chi connectivity index (χ2v) is 9.62. The van der Waals surface area contributed by atoms with Crippen LogP contribution in [0.5, 0.6) is 0 Å². The normalized spacial score (nSPS) is 12.5. The molecule has 0 aliphatic rings. The first kappa shape index (κ1) is 19.1. The Labute approximate surface area is 206 Å². The molecule has 9 aromatic rings. The van der Waals surface area contributed by atoms with Crippen LogP contribution in [-0.2, 0) is 0 Å². The molecule has 4 aromatic heterocycles. The minimum absolute atomic E-state index is 0.114. The third-order valence-electron chi connectivity index (χ3n) is 7.71. The molecule has 0 unspecified atom stereocenters. The van der Waals surface area contributed by atoms with E-state index < -0.39 is 0 Å². The largest absolute Gasteiger partial charge is 0.456 e. The highest BCUT2D eigenvalue weighted by Crippen LogP contribution is 2.36. The van der Waals surface area contributed by atoms with Gasteiger partial charge in [0, 0.05) is 32.3 Å². The van der Waals surface area contributed by atoms with E-state index in [1.54, 1.807) is 18.2 Å². The molecule has 5 nitrogen and oxygen atoms in total. The van der Waals surface area contributed by atoms with Gasteiger partial charge in [-0.05, 0) is 48.5 Å². The molecule has 0 saturated carbocycles. The van der Waals surface area contributed by atoms with Gasteiger partial charge in [-0.15, -0.1) is 0 Å². The number of benzene rings is 5. The number of nitrogens with zero attached hydrogens (tertiary/aromatic N) is 1. The van der Waals surface area contributed by atoms with Crippen molar-refractivity contribution in [1.29, 1.82) is 0 Å². The Morgan fingerprint density at radius 1 is 0.432 bits per heavy atom. The van der Waals surface area contributed by atoms with E-state index in [1.165, 1.54) is 0 Å². The number of rotatable bonds is 0. The molecule has 9 rings (SSSR count). The van der Waals surface area contributed by atoms with Gasteiger partial charge in [0.2, 0.25) is 0 Å². The van der Waals surface area contributed by atoms with Gasteiger partial charge < -0.3 is 13.2 Å². The summed E-state index contributed by atoms with van der Waals surface area (Å²) in [6.45, 7) is 0. The van der Waals surface area contributed by atoms with Crippen molar-refractivity contribution in [3.05, 3.63) is 111 Å². The summed E-state index contributed by atoms with van der Waals surface area (Å²) in [6.07, 6.45) is 0. The molecule has 0 N–H and O–H groups in total. The lowest BCUT2D eigenvalue weighted by Crippen LogP contribution is -2.14. The lowest BCUT2D eigenvalue weighted by atomic mass is 10.0. The minimum Gasteiger partial charge on any atom is -0.456 e. The van der Waals surface area contributed by atoms with Gasteiger partial charge in [-0.2, -0.15) is 0 Å². The SMILES string of the molecule is O=c1c2cc3oc4ccccc4c3cc2n2c3cc4c(cc3c(=O)c3cccc1c32)oc1ccccc14. The number of furan rings is 2. The Balaban J connectivity index is 1.63. The minimum atomic E-state index is -0.114. The fourth-order valence-corrected chi connectivity index (χ4v) is 6.07. The summed E-state index contributed by atoms with van der Waals surface area (Å²) >= 11 is 0. The van der Waals surface area contributed by atoms with Crippen LogP contribution in [0.2, 0.25) is 0 Å². The van der Waals surface area contributed by atoms with Crippen molar-refractivity contribution >= 4 is 82.0 Å². The number of para-hydroxylation sites is 3. The van der Waals surface area contributed by atoms with Gasteiger partial charge >= 0.3 is 0 Å². The third-order valence-corrected chi connectivity index (χ3v) is 7.71. The molecule has 0 amide bonds. The van der Waals surface area contributed by atoms with Gasteiger partial charge in [-0.25, -0.2) is 0 Å². The van der Waals surface area contributed by atoms with Crippen molar-refractivity contribution in [2.75, 3.05) is 0 Å². The fraction of sp³-hybridized carbons (Fsp3) is 0. The molecule has 172 valence electrons. The molecule has 0 radical (unpaired) electrons. The van der Waals surface area contributed by atoms with E-state index in [0.29, 0.717) is 38.2 Å². The van der Waals surface area contributed by atoms with E-state index >= 15 is 0 Å². The average Bonchev–Trinajstić information content (AvgIpc) is 3.48. The van der Waals surface area contributed by atoms with Crippen LogP contribution in [0.4, 0.5) is 0 Å². The number of fused-ring (bicyclic) bond motifs is 10. The molecule has 0 saturated heterocycles. The molecule has 0 atom stereocenters. The predicted octanol–water partition coefficient (Wildman–Crippen LogP) is 7.36. The summed E-state index contributed by atoms with van der Waals surface area (Å²) in [6, 6.07) is 28.8. The zero-order valence-corrected chi connectivity index (χ0v) is 19.2. The third kappa shape index (κ3) is 2.25. The lowest BCUT2D eigenvalue weighted by molar-refractivity contribution is 0.669. The topological polar surface area (TPSA) is 64.8 Å². The van der Waals surface area contributed by atoms with Gasteiger partial charge in [-0.1, -0.05) is 42.5 Å². The molecular formula is C32H15NO4. The first-order valence-corrected chi connectivity index (χ1v) is 12.1. The van der Waals surface area contributed by atoms with Gasteiger partial charge in [0.25, 0.3) is 0 Å². The van der Waals surface area contributed by atoms with Crippen molar-refractivity contribution < 1.29 is 8.83 Å². The smallest absolute Gasteiger partial charge is 0.197 e. The molecule has 0 aliphatic carbocycles. The molecule has 37 heavy (non-hydrogen) atoms. The van der Waals surface area contributed by atoms with Crippen LogP contribution in [0.3, 0.4) is 0 Å². The van der Waals surface area contributed by atoms with Crippen LogP contribution >= 0.6 is 0 Å². The Kier molecular flexibility index (Phi) is 3.27. The first-order valence-electron chi connectivity index (χ1n) is 12.1. The Hall–Kier alpha value is -5.16. The Morgan fingerprint density at radius 2 is 0.892 bits per heavy atom. The lowest BCUT2D eigenvalue weighted by Gasteiger charge is -2.14. The molecule has 0 spiro atoms. The second kappa shape index (κ2) is 6.33. The summed E-state index contributed by atoms with van der Waals surface area (Å²) in [5.41, 5.74) is 4.76. The number of hydrogen-bond donors (Lipinski definition) is 0. The quantitative estimate of drug-likeness (QED) is 0.169. The second-order valence-electron chi connectivity index (χ2n) is 9.62. The molecule has 5 aromatic carbocycles. The molecule has 0 bridgehead atoms. The fourth-order valence-electron chi connectivity index (χ4n) is 6.07. The highest BCUT2D eigenvalue weighted by atomic mass is 16.3. The van der Waals surface area contributed by atoms with E-state index in [1.807, 2.05) is 72.8 Å². The molecule has 5 heteroatoms. The summed E-state index contributed by atoms with van der Waals surface area (Å²) in [7, 11) is 0. The van der Waals surface area contributed by atoms with E-state index in [9.17, 15) is 9.59 Å². The van der Waals surface area contributed by atoms with Gasteiger partial charge in [0.15, 0.2) is 10.9 Å². The highest BCUT2D eigenvalue weighted by Gasteiger charge is 2.20. The van der Waals surface area contributed by atoms with E-state index in [4.69, 9.17) is 8.83 Å². The van der Waals surface area contributed by atoms with Gasteiger partial charge in [-0.3, -0.25) is 9.59 Å². The van der Waals surface area contributed by atoms with Crippen LogP contribution in [0.25, 0.3) is 82.0 Å². The molecular weight excluding hydrogens is 462 g/mol. The maximum atomic E-state index is 13.8. The number of hydrogen-bond acceptors (Lipinski definition) is 4. The van der Waals surface area contributed by atoms with Crippen LogP contribution < -0.4 is 10.9 Å². The van der Waals surface area contributed by atoms with E-state index in [2.05, 4.69) is 4.40 Å². The zero-order chi connectivity index (χ0) is 24.4. The summed E-state index contributed by atoms with van der Waals surface area (Å²) in [5.74, 6) is 0. The first-order chi connectivity index (χ1) is 18.2. The van der Waals surface area contributed by atoms with E-state index in [-0.39, 0.29) is 10.9 Å². The van der Waals surface area contributed by atoms with Crippen molar-refractivity contribution in [1.82, 2.24) is 4.40 Å². The Bertz CT molecular complexity index is 2390. The zero-order valence-electron chi connectivity index (χ0n) is 19.2. The van der Waals surface area contributed by atoms with E-state index in [0.717, 1.165) is 43.7 Å². The van der Waals surface area contributed by atoms with Crippen LogP contribution in [-0.4, -0.2) is 4.40 Å². The van der Waals surface area contributed by atoms with Crippen LogP contribution in [0.1, 0.15) is 0 Å². The predicted molar refractivity (Wildman–Crippen MR) is 148 cm³/mol. The number of aromatic nitrogens is 1. The standard InChI is InChI=1S/C32H15NO4/c34-31-18-8-5-9-19-30(18)33(24-12-20-16-6-1-3-10-26(16)36-28(20)14-22(24)31)25-13-21-17-7-2-4-11-27(17)37-29(21)15-23(25)32(19)35/h1-15H. The number of pyridine rings is 2. The summed E-state index contributed by atoms with van der Waals surface area (Å²) < 4.78 is 14.3. The summed E-state index contributed by atoms with van der Waals surface area (Å²) in [5, 5.41) is 5.94. The maximum absolute atomic E-state index is 13.8. The molecule has 0 aliphatic heterocycles. The highest BCUT2D eigenvalue weighted by molar-refractivity contribution is 6.16. The molecule has 4 heterocycles. The van der Waals surface area contributed by atoms with Crippen LogP contribution in [0.15, 0.2) is 109 Å².